The Hall–Kier alpha value is -1.91. The summed E-state index contributed by atoms with van der Waals surface area (Å²) < 4.78 is 5.14. The van der Waals surface area contributed by atoms with Crippen molar-refractivity contribution in [3.05, 3.63) is 29.6 Å². The second-order valence-corrected chi connectivity index (χ2v) is 7.34. The van der Waals surface area contributed by atoms with Gasteiger partial charge in [-0.25, -0.2) is 9.78 Å². The number of aromatic nitrogens is 1. The van der Waals surface area contributed by atoms with Gasteiger partial charge in [0.2, 0.25) is 0 Å². The first kappa shape index (κ1) is 24.1. The van der Waals surface area contributed by atoms with Crippen LogP contribution in [0.5, 0.6) is 0 Å². The normalized spacial score (nSPS) is 10.6. The van der Waals surface area contributed by atoms with E-state index in [4.69, 9.17) is 4.74 Å². The third kappa shape index (κ3) is 11.1. The first-order valence-corrected chi connectivity index (χ1v) is 11.1. The Labute approximate surface area is 170 Å². The highest BCUT2D eigenvalue weighted by atomic mass is 16.5. The van der Waals surface area contributed by atoms with E-state index in [1.54, 1.807) is 18.2 Å². The summed E-state index contributed by atoms with van der Waals surface area (Å²) in [5, 5.41) is 2.89. The van der Waals surface area contributed by atoms with Crippen LogP contribution in [0.3, 0.4) is 0 Å². The Balaban J connectivity index is 2.17. The van der Waals surface area contributed by atoms with Gasteiger partial charge in [0.05, 0.1) is 6.61 Å². The number of carbonyl (C=O) groups excluding carboxylic acids is 2. The minimum absolute atomic E-state index is 0.183. The first-order valence-electron chi connectivity index (χ1n) is 11.1. The van der Waals surface area contributed by atoms with Gasteiger partial charge in [-0.1, -0.05) is 84.1 Å². The number of nitrogens with one attached hydrogen (secondary N) is 1. The molecule has 1 heterocycles. The zero-order valence-electron chi connectivity index (χ0n) is 17.8. The fraction of sp³-hybridized carbons (Fsp3) is 0.696. The Bertz CT molecular complexity index is 561. The molecule has 5 heteroatoms. The highest BCUT2D eigenvalue weighted by Gasteiger charge is 2.13. The van der Waals surface area contributed by atoms with Crippen molar-refractivity contribution in [1.82, 2.24) is 10.3 Å². The molecule has 1 rings (SSSR count). The van der Waals surface area contributed by atoms with Crippen LogP contribution in [0.25, 0.3) is 0 Å². The maximum atomic E-state index is 12.2. The van der Waals surface area contributed by atoms with Gasteiger partial charge in [-0.05, 0) is 25.0 Å². The Kier molecular flexibility index (Phi) is 13.9. The van der Waals surface area contributed by atoms with Crippen molar-refractivity contribution in [1.29, 1.82) is 0 Å². The molecule has 0 aromatic carbocycles. The molecule has 0 spiro atoms. The van der Waals surface area contributed by atoms with Crippen LogP contribution in [0.4, 0.5) is 0 Å². The number of unbranched alkanes of at least 4 members (excludes halogenated alkanes) is 10. The highest BCUT2D eigenvalue weighted by molar-refractivity contribution is 5.94. The molecule has 0 unspecified atom stereocenters. The molecule has 158 valence electrons. The Morgan fingerprint density at radius 2 is 1.39 bits per heavy atom. The third-order valence-corrected chi connectivity index (χ3v) is 4.74. The summed E-state index contributed by atoms with van der Waals surface area (Å²) in [6.07, 6.45) is 14.5. The van der Waals surface area contributed by atoms with Gasteiger partial charge < -0.3 is 10.1 Å². The lowest BCUT2D eigenvalue weighted by atomic mass is 10.1. The number of pyridine rings is 1. The largest absolute Gasteiger partial charge is 0.461 e. The van der Waals surface area contributed by atoms with E-state index in [9.17, 15) is 9.59 Å². The minimum atomic E-state index is -0.474. The quantitative estimate of drug-likeness (QED) is 0.291. The van der Waals surface area contributed by atoms with Gasteiger partial charge in [-0.2, -0.15) is 0 Å². The molecule has 0 saturated heterocycles. The van der Waals surface area contributed by atoms with Crippen LogP contribution in [0.2, 0.25) is 0 Å². The van der Waals surface area contributed by atoms with Gasteiger partial charge in [0, 0.05) is 6.54 Å². The molecule has 0 aliphatic carbocycles. The molecule has 0 saturated carbocycles. The first-order chi connectivity index (χ1) is 13.7. The third-order valence-electron chi connectivity index (χ3n) is 4.74. The molecule has 1 amide bonds. The lowest BCUT2D eigenvalue weighted by Crippen LogP contribution is -2.26. The minimum Gasteiger partial charge on any atom is -0.461 e. The molecule has 0 bridgehead atoms. The van der Waals surface area contributed by atoms with Crippen LogP contribution in [0.1, 0.15) is 112 Å². The fourth-order valence-electron chi connectivity index (χ4n) is 2.96. The lowest BCUT2D eigenvalue weighted by Gasteiger charge is -2.07. The second-order valence-electron chi connectivity index (χ2n) is 7.34. The van der Waals surface area contributed by atoms with Gasteiger partial charge in [0.1, 0.15) is 11.4 Å². The summed E-state index contributed by atoms with van der Waals surface area (Å²) >= 11 is 0. The molecular weight excluding hydrogens is 352 g/mol. The molecule has 1 aromatic heterocycles. The summed E-state index contributed by atoms with van der Waals surface area (Å²) in [7, 11) is 0. The van der Waals surface area contributed by atoms with Crippen molar-refractivity contribution >= 4 is 11.9 Å². The summed E-state index contributed by atoms with van der Waals surface area (Å²) in [6.45, 7) is 5.30. The van der Waals surface area contributed by atoms with E-state index in [1.165, 1.54) is 51.4 Å². The number of amides is 1. The van der Waals surface area contributed by atoms with Crippen molar-refractivity contribution < 1.29 is 14.3 Å². The predicted octanol–water partition coefficient (Wildman–Crippen LogP) is 5.69. The number of hydrogen-bond donors (Lipinski definition) is 1. The van der Waals surface area contributed by atoms with Crippen molar-refractivity contribution in [2.45, 2.75) is 90.9 Å². The van der Waals surface area contributed by atoms with Crippen LogP contribution < -0.4 is 5.32 Å². The predicted molar refractivity (Wildman–Crippen MR) is 114 cm³/mol. The van der Waals surface area contributed by atoms with E-state index in [-0.39, 0.29) is 17.3 Å². The molecule has 0 atom stereocenters. The smallest absolute Gasteiger partial charge is 0.356 e. The van der Waals surface area contributed by atoms with Crippen molar-refractivity contribution in [2.75, 3.05) is 13.2 Å². The summed E-state index contributed by atoms with van der Waals surface area (Å²) in [6, 6.07) is 4.86. The van der Waals surface area contributed by atoms with Crippen LogP contribution in [-0.2, 0) is 4.74 Å². The number of carbonyl (C=O) groups is 2. The zero-order valence-corrected chi connectivity index (χ0v) is 17.8. The topological polar surface area (TPSA) is 68.3 Å². The Morgan fingerprint density at radius 3 is 2.04 bits per heavy atom. The summed E-state index contributed by atoms with van der Waals surface area (Å²) in [4.78, 5) is 28.3. The molecule has 0 fully saturated rings. The average molecular weight is 391 g/mol. The molecule has 1 N–H and O–H groups in total. The lowest BCUT2D eigenvalue weighted by molar-refractivity contribution is 0.0492. The number of rotatable bonds is 16. The molecule has 0 aliphatic heterocycles. The number of esters is 1. The maximum Gasteiger partial charge on any atom is 0.356 e. The fourth-order valence-corrected chi connectivity index (χ4v) is 2.96. The van der Waals surface area contributed by atoms with E-state index >= 15 is 0 Å². The molecule has 28 heavy (non-hydrogen) atoms. The van der Waals surface area contributed by atoms with Crippen molar-refractivity contribution in [2.24, 2.45) is 0 Å². The Morgan fingerprint density at radius 1 is 0.821 bits per heavy atom. The van der Waals surface area contributed by atoms with E-state index in [2.05, 4.69) is 17.2 Å². The van der Waals surface area contributed by atoms with E-state index in [1.807, 2.05) is 6.92 Å². The molecule has 1 aromatic rings. The maximum absolute atomic E-state index is 12.2. The molecule has 0 aliphatic rings. The zero-order chi connectivity index (χ0) is 20.5. The van der Waals surface area contributed by atoms with Crippen LogP contribution in [0.15, 0.2) is 18.2 Å². The summed E-state index contributed by atoms with van der Waals surface area (Å²) in [5.74, 6) is -0.711. The average Bonchev–Trinajstić information content (AvgIpc) is 2.72. The van der Waals surface area contributed by atoms with Crippen molar-refractivity contribution in [3.63, 3.8) is 0 Å². The van der Waals surface area contributed by atoms with Crippen LogP contribution in [-0.4, -0.2) is 30.0 Å². The molecular formula is C23H38N2O3. The van der Waals surface area contributed by atoms with Gasteiger partial charge in [0.15, 0.2) is 0 Å². The number of hydrogen-bond acceptors (Lipinski definition) is 4. The van der Waals surface area contributed by atoms with E-state index in [0.717, 1.165) is 25.7 Å². The second kappa shape index (κ2) is 16.1. The number of ether oxygens (including phenoxy) is 1. The molecule has 5 nitrogen and oxygen atoms in total. The van der Waals surface area contributed by atoms with Gasteiger partial charge in [-0.15, -0.1) is 0 Å². The van der Waals surface area contributed by atoms with Crippen LogP contribution in [0, 0.1) is 0 Å². The van der Waals surface area contributed by atoms with E-state index < -0.39 is 5.97 Å². The standard InChI is InChI=1S/C23H38N2O3/c1-3-5-7-8-9-10-11-12-13-14-18-24-22(26)20-16-15-17-21(25-20)23(27)28-19-6-4-2/h15-17H,3-14,18-19H2,1-2H3,(H,24,26). The summed E-state index contributed by atoms with van der Waals surface area (Å²) in [5.41, 5.74) is 0.444. The SMILES string of the molecule is CCCCCCCCCCCCNC(=O)c1cccc(C(=O)OCCCC)n1. The highest BCUT2D eigenvalue weighted by Crippen LogP contribution is 2.10. The van der Waals surface area contributed by atoms with Gasteiger partial charge >= 0.3 is 5.97 Å². The van der Waals surface area contributed by atoms with Gasteiger partial charge in [-0.3, -0.25) is 4.79 Å². The van der Waals surface area contributed by atoms with Crippen molar-refractivity contribution in [3.8, 4) is 0 Å². The van der Waals surface area contributed by atoms with E-state index in [0.29, 0.717) is 13.2 Å². The van der Waals surface area contributed by atoms with Gasteiger partial charge in [0.25, 0.3) is 5.91 Å². The van der Waals surface area contributed by atoms with Crippen LogP contribution >= 0.6 is 0 Å². The monoisotopic (exact) mass is 390 g/mol. The number of nitrogens with zero attached hydrogens (tertiary/aromatic N) is 1. The molecule has 0 radical (unpaired) electrons.